The van der Waals surface area contributed by atoms with Gasteiger partial charge in [-0.2, -0.15) is 0 Å². The Kier molecular flexibility index (Phi) is 4.13. The highest BCUT2D eigenvalue weighted by molar-refractivity contribution is 8.01. The Hall–Kier alpha value is -2.27. The molecule has 1 fully saturated rings. The molecule has 2 aromatic rings. The maximum Gasteiger partial charge on any atom is 0.320 e. The van der Waals surface area contributed by atoms with Crippen molar-refractivity contribution in [2.45, 2.75) is 28.9 Å². The second-order valence-corrected chi connectivity index (χ2v) is 7.12. The third-order valence-electron chi connectivity index (χ3n) is 4.22. The van der Waals surface area contributed by atoms with E-state index in [1.165, 1.54) is 11.8 Å². The average molecular weight is 327 g/mol. The number of carbonyl (C=O) groups excluding carboxylic acids is 1. The minimum Gasteiger partial charge on any atom is -0.480 e. The lowest BCUT2D eigenvalue weighted by Gasteiger charge is -2.37. The SMILES string of the molecule is NC(=O)c1ccc(-c2ccccc2SC2(C(=O)O)CCC2)cc1. The van der Waals surface area contributed by atoms with Crippen LogP contribution in [0.3, 0.4) is 0 Å². The molecule has 1 aliphatic carbocycles. The molecule has 2 aromatic carbocycles. The number of aliphatic carboxylic acids is 1. The molecule has 1 saturated carbocycles. The van der Waals surface area contributed by atoms with Crippen LogP contribution < -0.4 is 5.73 Å². The minimum atomic E-state index is -0.743. The van der Waals surface area contributed by atoms with E-state index < -0.39 is 16.6 Å². The zero-order valence-electron chi connectivity index (χ0n) is 12.5. The van der Waals surface area contributed by atoms with Crippen LogP contribution in [-0.4, -0.2) is 21.7 Å². The van der Waals surface area contributed by atoms with Crippen LogP contribution in [0.15, 0.2) is 53.4 Å². The fourth-order valence-electron chi connectivity index (χ4n) is 2.68. The van der Waals surface area contributed by atoms with Crippen LogP contribution in [0.2, 0.25) is 0 Å². The van der Waals surface area contributed by atoms with E-state index in [4.69, 9.17) is 5.73 Å². The Morgan fingerprint density at radius 2 is 1.70 bits per heavy atom. The van der Waals surface area contributed by atoms with Gasteiger partial charge < -0.3 is 10.8 Å². The number of thioether (sulfide) groups is 1. The minimum absolute atomic E-state index is 0.458. The van der Waals surface area contributed by atoms with Gasteiger partial charge >= 0.3 is 5.97 Å². The Labute approximate surface area is 138 Å². The highest BCUT2D eigenvalue weighted by atomic mass is 32.2. The van der Waals surface area contributed by atoms with Crippen molar-refractivity contribution in [1.82, 2.24) is 0 Å². The van der Waals surface area contributed by atoms with Gasteiger partial charge in [0.15, 0.2) is 0 Å². The highest BCUT2D eigenvalue weighted by Gasteiger charge is 2.45. The number of nitrogens with two attached hydrogens (primary N) is 1. The number of hydrogen-bond donors (Lipinski definition) is 2. The smallest absolute Gasteiger partial charge is 0.320 e. The van der Waals surface area contributed by atoms with E-state index >= 15 is 0 Å². The Morgan fingerprint density at radius 1 is 1.04 bits per heavy atom. The summed E-state index contributed by atoms with van der Waals surface area (Å²) < 4.78 is -0.705. The summed E-state index contributed by atoms with van der Waals surface area (Å²) in [5.41, 5.74) is 7.64. The first kappa shape index (κ1) is 15.6. The maximum atomic E-state index is 11.6. The van der Waals surface area contributed by atoms with E-state index in [0.717, 1.165) is 22.4 Å². The maximum absolute atomic E-state index is 11.6. The number of primary amides is 1. The van der Waals surface area contributed by atoms with Crippen LogP contribution in [0.4, 0.5) is 0 Å². The van der Waals surface area contributed by atoms with Gasteiger partial charge in [-0.15, -0.1) is 11.8 Å². The number of rotatable bonds is 5. The molecule has 0 spiro atoms. The largest absolute Gasteiger partial charge is 0.480 e. The number of carboxylic acids is 1. The molecule has 5 heteroatoms. The van der Waals surface area contributed by atoms with Crippen LogP contribution in [0, 0.1) is 0 Å². The summed E-state index contributed by atoms with van der Waals surface area (Å²) in [4.78, 5) is 23.7. The van der Waals surface area contributed by atoms with E-state index in [1.807, 2.05) is 36.4 Å². The fourth-order valence-corrected chi connectivity index (χ4v) is 4.12. The predicted molar refractivity (Wildman–Crippen MR) is 90.5 cm³/mol. The molecule has 0 aromatic heterocycles. The van der Waals surface area contributed by atoms with Crippen LogP contribution in [0.1, 0.15) is 29.6 Å². The van der Waals surface area contributed by atoms with E-state index in [2.05, 4.69) is 0 Å². The van der Waals surface area contributed by atoms with Gasteiger partial charge in [-0.05, 0) is 48.6 Å². The van der Waals surface area contributed by atoms with Crippen molar-refractivity contribution in [1.29, 1.82) is 0 Å². The van der Waals surface area contributed by atoms with E-state index in [-0.39, 0.29) is 0 Å². The van der Waals surface area contributed by atoms with Gasteiger partial charge in [-0.25, -0.2) is 0 Å². The standard InChI is InChI=1S/C18H17NO3S/c19-16(20)13-8-6-12(7-9-13)14-4-1-2-5-15(14)23-18(17(21)22)10-3-11-18/h1-2,4-9H,3,10-11H2,(H2,19,20)(H,21,22). The number of amides is 1. The molecule has 3 N–H and O–H groups in total. The van der Waals surface area contributed by atoms with Crippen molar-refractivity contribution < 1.29 is 14.7 Å². The summed E-state index contributed by atoms with van der Waals surface area (Å²) in [5, 5.41) is 9.53. The second-order valence-electron chi connectivity index (χ2n) is 5.69. The normalized spacial score (nSPS) is 15.7. The van der Waals surface area contributed by atoms with Gasteiger partial charge in [-0.1, -0.05) is 30.3 Å². The molecular formula is C18H17NO3S. The van der Waals surface area contributed by atoms with Crippen LogP contribution in [0.5, 0.6) is 0 Å². The van der Waals surface area contributed by atoms with Crippen LogP contribution in [-0.2, 0) is 4.79 Å². The Morgan fingerprint density at radius 3 is 2.22 bits per heavy atom. The third-order valence-corrected chi connectivity index (χ3v) is 5.77. The van der Waals surface area contributed by atoms with Gasteiger partial charge in [0, 0.05) is 10.5 Å². The highest BCUT2D eigenvalue weighted by Crippen LogP contribution is 2.49. The zero-order chi connectivity index (χ0) is 16.4. The molecule has 0 radical (unpaired) electrons. The Bertz CT molecular complexity index is 751. The number of hydrogen-bond acceptors (Lipinski definition) is 3. The van der Waals surface area contributed by atoms with Gasteiger partial charge in [0.2, 0.25) is 5.91 Å². The van der Waals surface area contributed by atoms with Crippen LogP contribution in [0.25, 0.3) is 11.1 Å². The number of benzene rings is 2. The molecule has 0 saturated heterocycles. The summed E-state index contributed by atoms with van der Waals surface area (Å²) >= 11 is 1.43. The molecule has 118 valence electrons. The summed E-state index contributed by atoms with van der Waals surface area (Å²) in [6.45, 7) is 0. The van der Waals surface area contributed by atoms with Crippen LogP contribution >= 0.6 is 11.8 Å². The van der Waals surface area contributed by atoms with Crippen molar-refractivity contribution in [2.24, 2.45) is 5.73 Å². The molecule has 0 heterocycles. The van der Waals surface area contributed by atoms with E-state index in [0.29, 0.717) is 18.4 Å². The molecule has 23 heavy (non-hydrogen) atoms. The van der Waals surface area contributed by atoms with Gasteiger partial charge in [0.25, 0.3) is 0 Å². The zero-order valence-corrected chi connectivity index (χ0v) is 13.3. The summed E-state index contributed by atoms with van der Waals surface area (Å²) in [6.07, 6.45) is 2.35. The average Bonchev–Trinajstić information content (AvgIpc) is 2.51. The summed E-state index contributed by atoms with van der Waals surface area (Å²) in [7, 11) is 0. The second kappa shape index (κ2) is 6.08. The van der Waals surface area contributed by atoms with Gasteiger partial charge in [0.1, 0.15) is 4.75 Å². The summed E-state index contributed by atoms with van der Waals surface area (Å²) in [5.74, 6) is -1.20. The number of carboxylic acid groups (broad SMARTS) is 1. The lowest BCUT2D eigenvalue weighted by Crippen LogP contribution is -2.41. The topological polar surface area (TPSA) is 80.4 Å². The van der Waals surface area contributed by atoms with Crippen molar-refractivity contribution in [2.75, 3.05) is 0 Å². The lowest BCUT2D eigenvalue weighted by molar-refractivity contribution is -0.142. The molecule has 0 aliphatic heterocycles. The fraction of sp³-hybridized carbons (Fsp3) is 0.222. The van der Waals surface area contributed by atoms with Gasteiger partial charge in [-0.3, -0.25) is 9.59 Å². The van der Waals surface area contributed by atoms with E-state index in [1.54, 1.807) is 12.1 Å². The van der Waals surface area contributed by atoms with Crippen molar-refractivity contribution >= 4 is 23.6 Å². The molecule has 4 nitrogen and oxygen atoms in total. The summed E-state index contributed by atoms with van der Waals surface area (Å²) in [6, 6.07) is 14.8. The first-order valence-corrected chi connectivity index (χ1v) is 8.25. The first-order chi connectivity index (χ1) is 11.0. The monoisotopic (exact) mass is 327 g/mol. The molecule has 1 amide bonds. The molecule has 3 rings (SSSR count). The molecule has 0 bridgehead atoms. The van der Waals surface area contributed by atoms with Crippen molar-refractivity contribution in [3.8, 4) is 11.1 Å². The molecule has 0 unspecified atom stereocenters. The van der Waals surface area contributed by atoms with Crippen molar-refractivity contribution in [3.63, 3.8) is 0 Å². The lowest BCUT2D eigenvalue weighted by atomic mass is 9.84. The first-order valence-electron chi connectivity index (χ1n) is 7.43. The Balaban J connectivity index is 1.94. The molecule has 0 atom stereocenters. The van der Waals surface area contributed by atoms with E-state index in [9.17, 15) is 14.7 Å². The predicted octanol–water partition coefficient (Wildman–Crippen LogP) is 3.55. The number of carbonyl (C=O) groups is 2. The third kappa shape index (κ3) is 2.97. The van der Waals surface area contributed by atoms with Gasteiger partial charge in [0.05, 0.1) is 0 Å². The quantitative estimate of drug-likeness (QED) is 0.880. The molecule has 1 aliphatic rings. The molecular weight excluding hydrogens is 310 g/mol. The van der Waals surface area contributed by atoms with Crippen molar-refractivity contribution in [3.05, 3.63) is 54.1 Å².